The zero-order valence-electron chi connectivity index (χ0n) is 11.2. The molecule has 3 heteroatoms. The van der Waals surface area contributed by atoms with Crippen molar-refractivity contribution in [2.75, 3.05) is 7.11 Å². The van der Waals surface area contributed by atoms with Gasteiger partial charge in [0, 0.05) is 0 Å². The van der Waals surface area contributed by atoms with E-state index in [9.17, 15) is 4.79 Å². The molecule has 3 nitrogen and oxygen atoms in total. The van der Waals surface area contributed by atoms with Crippen molar-refractivity contribution < 1.29 is 9.53 Å². The van der Waals surface area contributed by atoms with Gasteiger partial charge in [-0.1, -0.05) is 13.8 Å². The second kappa shape index (κ2) is 4.60. The zero-order chi connectivity index (χ0) is 12.6. The smallest absolute Gasteiger partial charge is 0.323 e. The van der Waals surface area contributed by atoms with E-state index in [1.807, 2.05) is 0 Å². The summed E-state index contributed by atoms with van der Waals surface area (Å²) in [6.45, 7) is 4.59. The Labute approximate surface area is 104 Å². The van der Waals surface area contributed by atoms with Crippen LogP contribution in [-0.2, 0) is 9.53 Å². The predicted molar refractivity (Wildman–Crippen MR) is 67.3 cm³/mol. The second-order valence-electron chi connectivity index (χ2n) is 6.52. The van der Waals surface area contributed by atoms with E-state index >= 15 is 0 Å². The van der Waals surface area contributed by atoms with Gasteiger partial charge < -0.3 is 10.5 Å². The molecule has 0 aromatic rings. The van der Waals surface area contributed by atoms with Crippen LogP contribution in [-0.4, -0.2) is 19.1 Å². The number of hydrogen-bond acceptors (Lipinski definition) is 3. The van der Waals surface area contributed by atoms with E-state index in [0.717, 1.165) is 25.2 Å². The van der Waals surface area contributed by atoms with Crippen LogP contribution in [0.2, 0.25) is 0 Å². The minimum absolute atomic E-state index is 0.00704. The third-order valence-electron chi connectivity index (χ3n) is 4.79. The molecule has 2 bridgehead atoms. The van der Waals surface area contributed by atoms with E-state index in [-0.39, 0.29) is 11.4 Å². The zero-order valence-corrected chi connectivity index (χ0v) is 11.2. The number of rotatable bonds is 2. The predicted octanol–water partition coefficient (Wildman–Crippen LogP) is 2.34. The maximum Gasteiger partial charge on any atom is 0.323 e. The van der Waals surface area contributed by atoms with Crippen molar-refractivity contribution in [1.82, 2.24) is 0 Å². The van der Waals surface area contributed by atoms with E-state index in [1.54, 1.807) is 0 Å². The van der Waals surface area contributed by atoms with Crippen LogP contribution >= 0.6 is 0 Å². The van der Waals surface area contributed by atoms with Crippen molar-refractivity contribution in [2.24, 2.45) is 28.9 Å². The molecule has 2 N–H and O–H groups in total. The van der Waals surface area contributed by atoms with Crippen LogP contribution in [0.3, 0.4) is 0 Å². The standard InChI is InChI=1S/C14H25NO2/c1-9-4-11-5-10(2)7-14(6-9,8-11)12(15)13(16)17-3/h9-12H,4-8,15H2,1-3H3. The average molecular weight is 239 g/mol. The number of hydrogen-bond donors (Lipinski definition) is 1. The van der Waals surface area contributed by atoms with E-state index in [4.69, 9.17) is 10.5 Å². The summed E-state index contributed by atoms with van der Waals surface area (Å²) in [6, 6.07) is -0.430. The Kier molecular flexibility index (Phi) is 3.48. The van der Waals surface area contributed by atoms with Gasteiger partial charge in [0.15, 0.2) is 0 Å². The molecule has 2 aliphatic rings. The minimum Gasteiger partial charge on any atom is -0.468 e. The van der Waals surface area contributed by atoms with Gasteiger partial charge in [0.05, 0.1) is 7.11 Å². The number of carbonyl (C=O) groups excluding carboxylic acids is 1. The molecule has 0 aromatic heterocycles. The normalized spacial score (nSPS) is 42.9. The molecule has 98 valence electrons. The lowest BCUT2D eigenvalue weighted by Crippen LogP contribution is -2.54. The third-order valence-corrected chi connectivity index (χ3v) is 4.79. The molecule has 17 heavy (non-hydrogen) atoms. The number of carbonyl (C=O) groups is 1. The summed E-state index contributed by atoms with van der Waals surface area (Å²) in [5.41, 5.74) is 6.20. The molecule has 3 atom stereocenters. The van der Waals surface area contributed by atoms with Gasteiger partial charge in [0.25, 0.3) is 0 Å². The quantitative estimate of drug-likeness (QED) is 0.752. The highest BCUT2D eigenvalue weighted by Crippen LogP contribution is 2.54. The third kappa shape index (κ3) is 2.35. The maximum absolute atomic E-state index is 11.8. The summed E-state index contributed by atoms with van der Waals surface area (Å²) in [4.78, 5) is 11.8. The number of esters is 1. The first-order valence-corrected chi connectivity index (χ1v) is 6.80. The van der Waals surface area contributed by atoms with Crippen LogP contribution in [0.5, 0.6) is 0 Å². The van der Waals surface area contributed by atoms with Gasteiger partial charge in [0.1, 0.15) is 6.04 Å². The van der Waals surface area contributed by atoms with E-state index in [2.05, 4.69) is 13.8 Å². The summed E-state index contributed by atoms with van der Waals surface area (Å²) >= 11 is 0. The largest absolute Gasteiger partial charge is 0.468 e. The fourth-order valence-corrected chi connectivity index (χ4v) is 4.54. The van der Waals surface area contributed by atoms with Gasteiger partial charge in [-0.2, -0.15) is 0 Å². The molecule has 2 aliphatic carbocycles. The molecule has 0 spiro atoms. The van der Waals surface area contributed by atoms with Crippen molar-refractivity contribution in [2.45, 2.75) is 52.0 Å². The first kappa shape index (κ1) is 12.9. The Bertz CT molecular complexity index is 283. The summed E-state index contributed by atoms with van der Waals surface area (Å²) in [6.07, 6.45) is 5.91. The average Bonchev–Trinajstić information content (AvgIpc) is 2.24. The topological polar surface area (TPSA) is 52.3 Å². The molecule has 0 heterocycles. The highest BCUT2D eigenvalue weighted by molar-refractivity contribution is 5.76. The van der Waals surface area contributed by atoms with Crippen LogP contribution in [0.25, 0.3) is 0 Å². The second-order valence-corrected chi connectivity index (χ2v) is 6.52. The van der Waals surface area contributed by atoms with Gasteiger partial charge in [-0.25, -0.2) is 0 Å². The van der Waals surface area contributed by atoms with Crippen molar-refractivity contribution in [3.05, 3.63) is 0 Å². The number of nitrogens with two attached hydrogens (primary N) is 1. The molecule has 0 saturated heterocycles. The highest BCUT2D eigenvalue weighted by Gasteiger charge is 2.50. The fourth-order valence-electron chi connectivity index (χ4n) is 4.54. The van der Waals surface area contributed by atoms with Crippen LogP contribution in [0, 0.1) is 23.2 Å². The summed E-state index contributed by atoms with van der Waals surface area (Å²) < 4.78 is 4.86. The fraction of sp³-hybridized carbons (Fsp3) is 0.929. The SMILES string of the molecule is COC(=O)C(N)C12CC(C)CC(CC(C)C1)C2. The Balaban J connectivity index is 2.22. The molecular formula is C14H25NO2. The van der Waals surface area contributed by atoms with Crippen LogP contribution in [0.15, 0.2) is 0 Å². The first-order chi connectivity index (χ1) is 7.97. The summed E-state index contributed by atoms with van der Waals surface area (Å²) in [5.74, 6) is 1.92. The number of ether oxygens (including phenoxy) is 1. The van der Waals surface area contributed by atoms with Gasteiger partial charge in [-0.05, 0) is 55.3 Å². The first-order valence-electron chi connectivity index (χ1n) is 6.80. The minimum atomic E-state index is -0.430. The Morgan fingerprint density at radius 1 is 1.24 bits per heavy atom. The molecule has 3 unspecified atom stereocenters. The van der Waals surface area contributed by atoms with Gasteiger partial charge >= 0.3 is 5.97 Å². The maximum atomic E-state index is 11.8. The number of methoxy groups -OCH3 is 1. The van der Waals surface area contributed by atoms with Crippen LogP contribution in [0.4, 0.5) is 0 Å². The molecule has 0 aromatic carbocycles. The molecule has 2 saturated carbocycles. The summed E-state index contributed by atoms with van der Waals surface area (Å²) in [7, 11) is 1.44. The van der Waals surface area contributed by atoms with Crippen molar-refractivity contribution >= 4 is 5.97 Å². The Morgan fingerprint density at radius 3 is 2.24 bits per heavy atom. The molecule has 0 radical (unpaired) electrons. The van der Waals surface area contributed by atoms with E-state index in [0.29, 0.717) is 11.8 Å². The van der Waals surface area contributed by atoms with E-state index in [1.165, 1.54) is 20.0 Å². The molecule has 2 rings (SSSR count). The Hall–Kier alpha value is -0.570. The van der Waals surface area contributed by atoms with Gasteiger partial charge in [0.2, 0.25) is 0 Å². The van der Waals surface area contributed by atoms with Crippen molar-refractivity contribution in [3.8, 4) is 0 Å². The van der Waals surface area contributed by atoms with Crippen molar-refractivity contribution in [1.29, 1.82) is 0 Å². The number of fused-ring (bicyclic) bond motifs is 2. The van der Waals surface area contributed by atoms with Crippen molar-refractivity contribution in [3.63, 3.8) is 0 Å². The Morgan fingerprint density at radius 2 is 1.76 bits per heavy atom. The van der Waals surface area contributed by atoms with Gasteiger partial charge in [-0.3, -0.25) is 4.79 Å². The monoisotopic (exact) mass is 239 g/mol. The molecule has 0 amide bonds. The molecule has 2 fully saturated rings. The summed E-state index contributed by atoms with van der Waals surface area (Å²) in [5, 5.41) is 0. The molecule has 0 aliphatic heterocycles. The lowest BCUT2D eigenvalue weighted by molar-refractivity contribution is -0.149. The van der Waals surface area contributed by atoms with Gasteiger partial charge in [-0.15, -0.1) is 0 Å². The van der Waals surface area contributed by atoms with Crippen LogP contribution < -0.4 is 5.73 Å². The van der Waals surface area contributed by atoms with E-state index < -0.39 is 6.04 Å². The lowest BCUT2D eigenvalue weighted by atomic mass is 9.54. The highest BCUT2D eigenvalue weighted by atomic mass is 16.5. The van der Waals surface area contributed by atoms with Crippen LogP contribution in [0.1, 0.15) is 46.0 Å². The molecular weight excluding hydrogens is 214 g/mol. The lowest BCUT2D eigenvalue weighted by Gasteiger charge is -2.51.